The predicted octanol–water partition coefficient (Wildman–Crippen LogP) is 3.85. The summed E-state index contributed by atoms with van der Waals surface area (Å²) in [7, 11) is 0. The van der Waals surface area contributed by atoms with E-state index >= 15 is 0 Å². The normalized spacial score (nSPS) is 13.0. The number of aliphatic imine (C=N–C) groups is 1. The Morgan fingerprint density at radius 2 is 2.04 bits per heavy atom. The Bertz CT molecular complexity index is 845. The standard InChI is InChI=1S/C17H13ClN2O2S2/c18-14-7-6-13(24-14)16(21)15(20-8-2-1-3-9-20)17(23)19-11-12-5-4-10-22-12/h1-10,15H,11H2/t15-/m1/s1. The number of ketones is 1. The number of thiophene rings is 1. The van der Waals surface area contributed by atoms with Crippen LogP contribution in [-0.4, -0.2) is 10.8 Å². The zero-order valence-corrected chi connectivity index (χ0v) is 14.9. The number of hydrogen-bond acceptors (Lipinski definition) is 5. The van der Waals surface area contributed by atoms with Gasteiger partial charge < -0.3 is 22.0 Å². The summed E-state index contributed by atoms with van der Waals surface area (Å²) >= 11 is 12.6. The Kier molecular flexibility index (Phi) is 5.40. The predicted molar refractivity (Wildman–Crippen MR) is 96.5 cm³/mol. The maximum absolute atomic E-state index is 12.9. The van der Waals surface area contributed by atoms with Crippen LogP contribution in [0.15, 0.2) is 70.5 Å². The molecule has 3 aromatic rings. The summed E-state index contributed by atoms with van der Waals surface area (Å²) < 4.78 is 7.57. The second kappa shape index (κ2) is 7.70. The molecule has 0 fully saturated rings. The topological polar surface area (TPSA) is 46.5 Å². The molecule has 1 atom stereocenters. The highest BCUT2D eigenvalue weighted by molar-refractivity contribution is 7.77. The molecule has 0 spiro atoms. The fourth-order valence-corrected chi connectivity index (χ4v) is 3.49. The van der Waals surface area contributed by atoms with Gasteiger partial charge in [-0.25, -0.2) is 0 Å². The van der Waals surface area contributed by atoms with Crippen molar-refractivity contribution >= 4 is 46.4 Å². The summed E-state index contributed by atoms with van der Waals surface area (Å²) in [5.41, 5.74) is 0. The average molecular weight is 377 g/mol. The highest BCUT2D eigenvalue weighted by Gasteiger charge is 2.29. The molecule has 24 heavy (non-hydrogen) atoms. The van der Waals surface area contributed by atoms with E-state index in [2.05, 4.69) is 4.99 Å². The second-order valence-corrected chi connectivity index (χ2v) is 7.06. The van der Waals surface area contributed by atoms with Gasteiger partial charge in [0.1, 0.15) is 5.76 Å². The lowest BCUT2D eigenvalue weighted by molar-refractivity contribution is -0.691. The summed E-state index contributed by atoms with van der Waals surface area (Å²) in [5.74, 6) is 0.567. The number of hydrogen-bond donors (Lipinski definition) is 0. The van der Waals surface area contributed by atoms with E-state index in [0.717, 1.165) is 0 Å². The van der Waals surface area contributed by atoms with Gasteiger partial charge in [0.15, 0.2) is 12.4 Å². The average Bonchev–Trinajstić information content (AvgIpc) is 3.25. The van der Waals surface area contributed by atoms with Gasteiger partial charge in [-0.2, -0.15) is 4.57 Å². The number of aromatic nitrogens is 1. The molecule has 0 radical (unpaired) electrons. The van der Waals surface area contributed by atoms with E-state index in [1.165, 1.54) is 11.3 Å². The van der Waals surface area contributed by atoms with Crippen LogP contribution in [0.3, 0.4) is 0 Å². The van der Waals surface area contributed by atoms with Crippen LogP contribution >= 0.6 is 22.9 Å². The Labute approximate surface area is 153 Å². The maximum Gasteiger partial charge on any atom is 0.244 e. The van der Waals surface area contributed by atoms with Crippen molar-refractivity contribution in [3.05, 3.63) is 76.1 Å². The molecule has 0 amide bonds. The van der Waals surface area contributed by atoms with Crippen molar-refractivity contribution in [1.82, 2.24) is 0 Å². The molecule has 3 aromatic heterocycles. The lowest BCUT2D eigenvalue weighted by Gasteiger charge is -2.17. The fraction of sp³-hybridized carbons (Fsp3) is 0.118. The summed E-state index contributed by atoms with van der Waals surface area (Å²) in [6, 6.07) is 11.9. The molecule has 0 N–H and O–H groups in total. The van der Waals surface area contributed by atoms with Gasteiger partial charge in [0.2, 0.25) is 11.8 Å². The molecule has 0 aliphatic heterocycles. The van der Waals surface area contributed by atoms with Crippen molar-refractivity contribution in [2.45, 2.75) is 12.6 Å². The number of nitrogens with zero attached hydrogens (tertiary/aromatic N) is 2. The van der Waals surface area contributed by atoms with E-state index in [0.29, 0.717) is 26.6 Å². The molecule has 3 heterocycles. The zero-order valence-electron chi connectivity index (χ0n) is 12.5. The SMILES string of the molecule is O=C(c1ccc(Cl)s1)[C@H](C([S-])=NCc1ccco1)[n+]1ccccc1. The molecular formula is C17H13ClN2O2S2. The van der Waals surface area contributed by atoms with Crippen LogP contribution in [0.4, 0.5) is 0 Å². The van der Waals surface area contributed by atoms with Crippen LogP contribution in [-0.2, 0) is 19.2 Å². The minimum atomic E-state index is -0.689. The molecule has 0 saturated heterocycles. The minimum Gasteiger partial charge on any atom is -0.758 e. The molecule has 3 rings (SSSR count). The summed E-state index contributed by atoms with van der Waals surface area (Å²) in [5, 5.41) is 0.303. The largest absolute Gasteiger partial charge is 0.758 e. The third kappa shape index (κ3) is 3.90. The van der Waals surface area contributed by atoms with Gasteiger partial charge in [0.05, 0.1) is 22.0 Å². The molecule has 0 saturated carbocycles. The van der Waals surface area contributed by atoms with E-state index in [1.807, 2.05) is 24.3 Å². The van der Waals surface area contributed by atoms with Crippen molar-refractivity contribution in [3.63, 3.8) is 0 Å². The third-order valence-electron chi connectivity index (χ3n) is 3.31. The number of carbonyl (C=O) groups is 1. The number of carbonyl (C=O) groups excluding carboxylic acids is 1. The van der Waals surface area contributed by atoms with Crippen molar-refractivity contribution in [2.24, 2.45) is 4.99 Å². The smallest absolute Gasteiger partial charge is 0.244 e. The van der Waals surface area contributed by atoms with Gasteiger partial charge in [-0.3, -0.25) is 4.79 Å². The molecule has 7 heteroatoms. The lowest BCUT2D eigenvalue weighted by atomic mass is 10.1. The molecular weight excluding hydrogens is 364 g/mol. The Morgan fingerprint density at radius 1 is 1.25 bits per heavy atom. The molecule has 0 aliphatic rings. The third-order valence-corrected chi connectivity index (χ3v) is 4.90. The van der Waals surface area contributed by atoms with Crippen LogP contribution in [0.2, 0.25) is 4.34 Å². The number of pyridine rings is 1. The molecule has 0 aromatic carbocycles. The first-order valence-corrected chi connectivity index (χ1v) is 8.74. The first-order valence-electron chi connectivity index (χ1n) is 7.14. The van der Waals surface area contributed by atoms with Crippen molar-refractivity contribution in [2.75, 3.05) is 0 Å². The number of rotatable bonds is 6. The van der Waals surface area contributed by atoms with E-state index < -0.39 is 6.04 Å². The van der Waals surface area contributed by atoms with Crippen LogP contribution < -0.4 is 4.57 Å². The number of halogens is 1. The quantitative estimate of drug-likeness (QED) is 0.216. The summed E-state index contributed by atoms with van der Waals surface area (Å²) in [4.78, 5) is 17.8. The Hall–Kier alpha value is -2.02. The van der Waals surface area contributed by atoms with Gasteiger partial charge in [-0.15, -0.1) is 11.3 Å². The van der Waals surface area contributed by atoms with Crippen LogP contribution in [0.1, 0.15) is 21.5 Å². The first-order chi connectivity index (χ1) is 11.6. The molecule has 122 valence electrons. The minimum absolute atomic E-state index is 0.128. The van der Waals surface area contributed by atoms with Gasteiger partial charge in [0, 0.05) is 12.1 Å². The van der Waals surface area contributed by atoms with Gasteiger partial charge in [0.25, 0.3) is 0 Å². The molecule has 0 bridgehead atoms. The van der Waals surface area contributed by atoms with Gasteiger partial charge >= 0.3 is 0 Å². The Morgan fingerprint density at radius 3 is 2.67 bits per heavy atom. The summed E-state index contributed by atoms with van der Waals surface area (Å²) in [6.45, 7) is 0.300. The highest BCUT2D eigenvalue weighted by Crippen LogP contribution is 2.24. The molecule has 0 aliphatic carbocycles. The lowest BCUT2D eigenvalue weighted by Crippen LogP contribution is -2.47. The van der Waals surface area contributed by atoms with Crippen molar-refractivity contribution < 1.29 is 13.8 Å². The van der Waals surface area contributed by atoms with Crippen LogP contribution in [0, 0.1) is 0 Å². The number of Topliss-reactive ketones (excluding diaryl/α,β-unsaturated/α-hetero) is 1. The van der Waals surface area contributed by atoms with E-state index in [9.17, 15) is 4.79 Å². The number of furan rings is 1. The van der Waals surface area contributed by atoms with Crippen molar-refractivity contribution in [1.29, 1.82) is 0 Å². The highest BCUT2D eigenvalue weighted by atomic mass is 35.5. The van der Waals surface area contributed by atoms with Gasteiger partial charge in [-0.05, 0) is 29.3 Å². The van der Waals surface area contributed by atoms with Crippen LogP contribution in [0.25, 0.3) is 0 Å². The van der Waals surface area contributed by atoms with Crippen molar-refractivity contribution in [3.8, 4) is 0 Å². The van der Waals surface area contributed by atoms with E-state index in [-0.39, 0.29) is 5.78 Å². The molecule has 0 unspecified atom stereocenters. The van der Waals surface area contributed by atoms with E-state index in [4.69, 9.17) is 28.6 Å². The summed E-state index contributed by atoms with van der Waals surface area (Å²) in [6.07, 6.45) is 5.18. The van der Waals surface area contributed by atoms with E-state index in [1.54, 1.807) is 41.4 Å². The monoisotopic (exact) mass is 376 g/mol. The second-order valence-electron chi connectivity index (χ2n) is 4.93. The molecule has 4 nitrogen and oxygen atoms in total. The maximum atomic E-state index is 12.9. The Balaban J connectivity index is 1.92. The first kappa shape index (κ1) is 16.8. The van der Waals surface area contributed by atoms with Gasteiger partial charge in [-0.1, -0.05) is 17.7 Å². The van der Waals surface area contributed by atoms with Crippen LogP contribution in [0.5, 0.6) is 0 Å². The zero-order chi connectivity index (χ0) is 16.9. The fourth-order valence-electron chi connectivity index (χ4n) is 2.19.